The third kappa shape index (κ3) is 3.68. The van der Waals surface area contributed by atoms with Gasteiger partial charge in [0.15, 0.2) is 0 Å². The summed E-state index contributed by atoms with van der Waals surface area (Å²) in [6.45, 7) is 1.37. The summed E-state index contributed by atoms with van der Waals surface area (Å²) in [5.41, 5.74) is 2.13. The molecule has 3 aromatic carbocycles. The van der Waals surface area contributed by atoms with E-state index in [2.05, 4.69) is 0 Å². The quantitative estimate of drug-likeness (QED) is 0.710. The summed E-state index contributed by atoms with van der Waals surface area (Å²) in [7, 11) is 1.64. The van der Waals surface area contributed by atoms with Crippen LogP contribution in [0.4, 0.5) is 0 Å². The highest BCUT2D eigenvalue weighted by Gasteiger charge is 2.25. The number of carboxylic acid groups (broad SMARTS) is 1. The molecule has 0 aliphatic carbocycles. The van der Waals surface area contributed by atoms with Crippen LogP contribution >= 0.6 is 0 Å². The van der Waals surface area contributed by atoms with Gasteiger partial charge in [0, 0.05) is 24.0 Å². The van der Waals surface area contributed by atoms with Crippen molar-refractivity contribution in [2.45, 2.75) is 18.8 Å². The van der Waals surface area contributed by atoms with Crippen LogP contribution in [0.15, 0.2) is 60.7 Å². The largest absolute Gasteiger partial charge is 0.496 e. The van der Waals surface area contributed by atoms with Gasteiger partial charge in [-0.1, -0.05) is 36.4 Å². The number of amides is 1. The number of ether oxygens (including phenoxy) is 1. The number of carbonyl (C=O) groups is 2. The van der Waals surface area contributed by atoms with Crippen LogP contribution in [0.1, 0.15) is 45.0 Å². The second kappa shape index (κ2) is 7.95. The second-order valence-electron chi connectivity index (χ2n) is 7.35. The highest BCUT2D eigenvalue weighted by molar-refractivity contribution is 6.08. The Morgan fingerprint density at radius 3 is 2.24 bits per heavy atom. The Balaban J connectivity index is 1.50. The molecule has 1 aliphatic rings. The molecule has 1 N–H and O–H groups in total. The predicted molar refractivity (Wildman–Crippen MR) is 112 cm³/mol. The molecule has 0 radical (unpaired) electrons. The zero-order chi connectivity index (χ0) is 20.4. The minimum absolute atomic E-state index is 0.0449. The Labute approximate surface area is 169 Å². The number of hydrogen-bond acceptors (Lipinski definition) is 3. The zero-order valence-corrected chi connectivity index (χ0v) is 16.3. The molecule has 1 saturated heterocycles. The fourth-order valence-electron chi connectivity index (χ4n) is 4.13. The van der Waals surface area contributed by atoms with Crippen molar-refractivity contribution in [1.82, 2.24) is 4.90 Å². The molecule has 5 nitrogen and oxygen atoms in total. The predicted octanol–water partition coefficient (Wildman–Crippen LogP) is 4.57. The molecule has 1 heterocycles. The van der Waals surface area contributed by atoms with E-state index in [9.17, 15) is 9.59 Å². The van der Waals surface area contributed by atoms with Crippen LogP contribution in [0.25, 0.3) is 10.8 Å². The molecule has 148 valence electrons. The lowest BCUT2D eigenvalue weighted by molar-refractivity contribution is 0.0692. The minimum Gasteiger partial charge on any atom is -0.496 e. The van der Waals surface area contributed by atoms with E-state index < -0.39 is 5.97 Å². The van der Waals surface area contributed by atoms with Crippen molar-refractivity contribution >= 4 is 22.6 Å². The molecular weight excluding hydrogens is 366 g/mol. The molecule has 0 spiro atoms. The zero-order valence-electron chi connectivity index (χ0n) is 16.3. The van der Waals surface area contributed by atoms with Crippen LogP contribution < -0.4 is 4.74 Å². The van der Waals surface area contributed by atoms with E-state index in [0.717, 1.165) is 34.9 Å². The minimum atomic E-state index is -0.913. The van der Waals surface area contributed by atoms with Gasteiger partial charge in [0.25, 0.3) is 5.91 Å². The van der Waals surface area contributed by atoms with Gasteiger partial charge >= 0.3 is 5.97 Å². The molecule has 1 amide bonds. The molecule has 0 bridgehead atoms. The normalized spacial score (nSPS) is 14.7. The summed E-state index contributed by atoms with van der Waals surface area (Å²) in [6, 6.07) is 18.6. The molecule has 1 aliphatic heterocycles. The lowest BCUT2D eigenvalue weighted by atomic mass is 9.88. The van der Waals surface area contributed by atoms with E-state index >= 15 is 0 Å². The maximum atomic E-state index is 13.2. The smallest absolute Gasteiger partial charge is 0.335 e. The Morgan fingerprint density at radius 1 is 0.931 bits per heavy atom. The number of aromatic carboxylic acids is 1. The highest BCUT2D eigenvalue weighted by Crippen LogP contribution is 2.31. The summed E-state index contributed by atoms with van der Waals surface area (Å²) in [4.78, 5) is 26.1. The van der Waals surface area contributed by atoms with Gasteiger partial charge in [0.05, 0.1) is 12.7 Å². The highest BCUT2D eigenvalue weighted by atomic mass is 16.5. The number of nitrogens with zero attached hydrogens (tertiary/aromatic N) is 1. The van der Waals surface area contributed by atoms with E-state index in [0.29, 0.717) is 30.1 Å². The summed E-state index contributed by atoms with van der Waals surface area (Å²) < 4.78 is 5.43. The molecule has 0 atom stereocenters. The van der Waals surface area contributed by atoms with E-state index in [-0.39, 0.29) is 5.91 Å². The SMILES string of the molecule is COc1cccc2c(C(=O)N3CCC(c4ccc(C(=O)O)cc4)CC3)cccc12. The number of fused-ring (bicyclic) bond motifs is 1. The molecular formula is C24H23NO4. The summed E-state index contributed by atoms with van der Waals surface area (Å²) in [5, 5.41) is 10.9. The first kappa shape index (κ1) is 19.0. The van der Waals surface area contributed by atoms with Gasteiger partial charge in [0.2, 0.25) is 0 Å². The third-order valence-corrected chi connectivity index (χ3v) is 5.74. The Kier molecular flexibility index (Phi) is 5.21. The van der Waals surface area contributed by atoms with Crippen LogP contribution in [0.3, 0.4) is 0 Å². The number of methoxy groups -OCH3 is 1. The lowest BCUT2D eigenvalue weighted by Crippen LogP contribution is -2.38. The molecule has 3 aromatic rings. The Morgan fingerprint density at radius 2 is 1.59 bits per heavy atom. The standard InChI is InChI=1S/C24H23NO4/c1-29-22-7-3-4-19-20(22)5-2-6-21(19)23(26)25-14-12-17(13-15-25)16-8-10-18(11-9-16)24(27)28/h2-11,17H,12-15H2,1H3,(H,27,28). The van der Waals surface area contributed by atoms with Crippen LogP contribution in [-0.2, 0) is 0 Å². The average molecular weight is 389 g/mol. The van der Waals surface area contributed by atoms with Crippen LogP contribution in [-0.4, -0.2) is 42.1 Å². The van der Waals surface area contributed by atoms with Crippen molar-refractivity contribution < 1.29 is 19.4 Å². The second-order valence-corrected chi connectivity index (χ2v) is 7.35. The number of rotatable bonds is 4. The Hall–Kier alpha value is -3.34. The summed E-state index contributed by atoms with van der Waals surface area (Å²) in [5.74, 6) is 0.238. The first-order valence-electron chi connectivity index (χ1n) is 9.76. The molecule has 0 aromatic heterocycles. The van der Waals surface area contributed by atoms with Gasteiger partial charge in [-0.3, -0.25) is 4.79 Å². The Bertz CT molecular complexity index is 1050. The van der Waals surface area contributed by atoms with E-state index in [1.54, 1.807) is 19.2 Å². The maximum absolute atomic E-state index is 13.2. The average Bonchev–Trinajstić information content (AvgIpc) is 2.78. The molecule has 4 rings (SSSR count). The lowest BCUT2D eigenvalue weighted by Gasteiger charge is -2.32. The number of carboxylic acids is 1. The van der Waals surface area contributed by atoms with Gasteiger partial charge < -0.3 is 14.7 Å². The van der Waals surface area contributed by atoms with E-state index in [4.69, 9.17) is 9.84 Å². The molecule has 0 unspecified atom stereocenters. The van der Waals surface area contributed by atoms with E-state index in [1.807, 2.05) is 53.4 Å². The third-order valence-electron chi connectivity index (χ3n) is 5.74. The van der Waals surface area contributed by atoms with Crippen molar-refractivity contribution in [2.75, 3.05) is 20.2 Å². The number of benzene rings is 3. The van der Waals surface area contributed by atoms with Crippen molar-refractivity contribution in [3.8, 4) is 5.75 Å². The fourth-order valence-corrected chi connectivity index (χ4v) is 4.13. The van der Waals surface area contributed by atoms with Gasteiger partial charge in [-0.15, -0.1) is 0 Å². The topological polar surface area (TPSA) is 66.8 Å². The molecule has 0 saturated carbocycles. The summed E-state index contributed by atoms with van der Waals surface area (Å²) >= 11 is 0. The van der Waals surface area contributed by atoms with Gasteiger partial charge in [0.1, 0.15) is 5.75 Å². The fraction of sp³-hybridized carbons (Fsp3) is 0.250. The first-order valence-corrected chi connectivity index (χ1v) is 9.76. The number of hydrogen-bond donors (Lipinski definition) is 1. The number of likely N-dealkylation sites (tertiary alicyclic amines) is 1. The number of carbonyl (C=O) groups excluding carboxylic acids is 1. The van der Waals surface area contributed by atoms with Crippen molar-refractivity contribution in [3.63, 3.8) is 0 Å². The van der Waals surface area contributed by atoms with Gasteiger partial charge in [-0.05, 0) is 54.0 Å². The summed E-state index contributed by atoms with van der Waals surface area (Å²) in [6.07, 6.45) is 1.73. The van der Waals surface area contributed by atoms with Crippen LogP contribution in [0.5, 0.6) is 5.75 Å². The monoisotopic (exact) mass is 389 g/mol. The maximum Gasteiger partial charge on any atom is 0.335 e. The van der Waals surface area contributed by atoms with E-state index in [1.165, 1.54) is 0 Å². The first-order chi connectivity index (χ1) is 14.1. The van der Waals surface area contributed by atoms with Crippen LogP contribution in [0, 0.1) is 0 Å². The molecule has 5 heteroatoms. The van der Waals surface area contributed by atoms with Crippen molar-refractivity contribution in [3.05, 3.63) is 77.4 Å². The van der Waals surface area contributed by atoms with Crippen LogP contribution in [0.2, 0.25) is 0 Å². The van der Waals surface area contributed by atoms with Crippen molar-refractivity contribution in [1.29, 1.82) is 0 Å². The van der Waals surface area contributed by atoms with Crippen molar-refractivity contribution in [2.24, 2.45) is 0 Å². The molecule has 1 fully saturated rings. The van der Waals surface area contributed by atoms with Gasteiger partial charge in [-0.2, -0.15) is 0 Å². The van der Waals surface area contributed by atoms with Gasteiger partial charge in [-0.25, -0.2) is 4.79 Å². The number of piperidine rings is 1. The molecule has 29 heavy (non-hydrogen) atoms.